The molecule has 1 heteroatoms. The molecule has 0 aliphatic heterocycles. The Morgan fingerprint density at radius 2 is 1.73 bits per heavy atom. The van der Waals surface area contributed by atoms with Crippen LogP contribution in [0.2, 0.25) is 0 Å². The normalized spacial score (nSPS) is 12.0. The average Bonchev–Trinajstić information content (AvgIpc) is 1.87. The molecule has 0 aliphatic rings. The highest BCUT2D eigenvalue weighted by atomic mass is 16.2. The first-order valence-corrected chi connectivity index (χ1v) is 4.73. The lowest BCUT2D eigenvalue weighted by molar-refractivity contribution is 0.251. The van der Waals surface area contributed by atoms with Crippen molar-refractivity contribution in [1.29, 1.82) is 0 Å². The second kappa shape index (κ2) is 5.59. The summed E-state index contributed by atoms with van der Waals surface area (Å²) < 4.78 is 0. The maximum atomic E-state index is 8.59. The van der Waals surface area contributed by atoms with E-state index < -0.39 is 0 Å². The minimum absolute atomic E-state index is 0.349. The van der Waals surface area contributed by atoms with Crippen LogP contribution in [0.1, 0.15) is 52.9 Å². The first-order chi connectivity index (χ1) is 5.12. The van der Waals surface area contributed by atoms with E-state index in [0.717, 1.165) is 6.42 Å². The first-order valence-electron chi connectivity index (χ1n) is 4.73. The van der Waals surface area contributed by atoms with Crippen LogP contribution in [0.5, 0.6) is 0 Å². The predicted octanol–water partition coefficient (Wildman–Crippen LogP) is 2.98. The SMILES string of the molecule is CCCC(C)(C)CCCCO. The van der Waals surface area contributed by atoms with Crippen molar-refractivity contribution >= 4 is 0 Å². The summed E-state index contributed by atoms with van der Waals surface area (Å²) in [4.78, 5) is 0. The van der Waals surface area contributed by atoms with Crippen LogP contribution in [-0.4, -0.2) is 11.7 Å². The van der Waals surface area contributed by atoms with E-state index in [1.807, 2.05) is 0 Å². The van der Waals surface area contributed by atoms with Gasteiger partial charge in [0.15, 0.2) is 0 Å². The molecule has 0 bridgehead atoms. The molecule has 0 aliphatic carbocycles. The summed E-state index contributed by atoms with van der Waals surface area (Å²) in [5.74, 6) is 0. The molecule has 1 N–H and O–H groups in total. The van der Waals surface area contributed by atoms with E-state index >= 15 is 0 Å². The lowest BCUT2D eigenvalue weighted by Gasteiger charge is -2.23. The molecule has 0 amide bonds. The molecule has 0 saturated heterocycles. The van der Waals surface area contributed by atoms with Crippen LogP contribution in [0.4, 0.5) is 0 Å². The summed E-state index contributed by atoms with van der Waals surface area (Å²) >= 11 is 0. The quantitative estimate of drug-likeness (QED) is 0.589. The molecular weight excluding hydrogens is 136 g/mol. The topological polar surface area (TPSA) is 20.2 Å². The first kappa shape index (κ1) is 11.0. The van der Waals surface area contributed by atoms with Crippen molar-refractivity contribution in [2.75, 3.05) is 6.61 Å². The number of aliphatic hydroxyl groups is 1. The van der Waals surface area contributed by atoms with Crippen molar-refractivity contribution in [3.05, 3.63) is 0 Å². The molecule has 0 aromatic heterocycles. The molecule has 0 unspecified atom stereocenters. The second-order valence-electron chi connectivity index (χ2n) is 4.09. The van der Waals surface area contributed by atoms with Crippen molar-refractivity contribution < 1.29 is 5.11 Å². The zero-order valence-electron chi connectivity index (χ0n) is 8.19. The van der Waals surface area contributed by atoms with Gasteiger partial charge in [-0.3, -0.25) is 0 Å². The van der Waals surface area contributed by atoms with E-state index in [4.69, 9.17) is 5.11 Å². The van der Waals surface area contributed by atoms with Gasteiger partial charge >= 0.3 is 0 Å². The summed E-state index contributed by atoms with van der Waals surface area (Å²) in [7, 11) is 0. The van der Waals surface area contributed by atoms with Gasteiger partial charge in [0, 0.05) is 6.61 Å². The Kier molecular flexibility index (Phi) is 5.57. The number of rotatable bonds is 6. The highest BCUT2D eigenvalue weighted by molar-refractivity contribution is 4.67. The van der Waals surface area contributed by atoms with Crippen molar-refractivity contribution in [1.82, 2.24) is 0 Å². The average molecular weight is 158 g/mol. The van der Waals surface area contributed by atoms with Gasteiger partial charge < -0.3 is 5.11 Å². The maximum Gasteiger partial charge on any atom is 0.0431 e. The highest BCUT2D eigenvalue weighted by Crippen LogP contribution is 2.28. The lowest BCUT2D eigenvalue weighted by atomic mass is 9.83. The summed E-state index contributed by atoms with van der Waals surface area (Å²) in [6, 6.07) is 0. The molecule has 0 rings (SSSR count). The molecule has 0 aromatic rings. The summed E-state index contributed by atoms with van der Waals surface area (Å²) in [5, 5.41) is 8.59. The van der Waals surface area contributed by atoms with Crippen LogP contribution in [-0.2, 0) is 0 Å². The van der Waals surface area contributed by atoms with Crippen molar-refractivity contribution in [2.24, 2.45) is 5.41 Å². The largest absolute Gasteiger partial charge is 0.396 e. The predicted molar refractivity (Wildman–Crippen MR) is 49.6 cm³/mol. The minimum atomic E-state index is 0.349. The lowest BCUT2D eigenvalue weighted by Crippen LogP contribution is -2.10. The minimum Gasteiger partial charge on any atom is -0.396 e. The molecule has 0 heterocycles. The van der Waals surface area contributed by atoms with E-state index in [0.29, 0.717) is 12.0 Å². The fraction of sp³-hybridized carbons (Fsp3) is 1.00. The van der Waals surface area contributed by atoms with Gasteiger partial charge in [0.25, 0.3) is 0 Å². The van der Waals surface area contributed by atoms with E-state index in [2.05, 4.69) is 20.8 Å². The Hall–Kier alpha value is -0.0400. The van der Waals surface area contributed by atoms with Crippen LogP contribution >= 0.6 is 0 Å². The maximum absolute atomic E-state index is 8.59. The molecule has 11 heavy (non-hydrogen) atoms. The Balaban J connectivity index is 3.38. The van der Waals surface area contributed by atoms with Gasteiger partial charge in [0.05, 0.1) is 0 Å². The van der Waals surface area contributed by atoms with Crippen LogP contribution in [0.3, 0.4) is 0 Å². The van der Waals surface area contributed by atoms with Crippen molar-refractivity contribution in [3.63, 3.8) is 0 Å². The van der Waals surface area contributed by atoms with Gasteiger partial charge in [-0.05, 0) is 24.7 Å². The van der Waals surface area contributed by atoms with Gasteiger partial charge in [-0.15, -0.1) is 0 Å². The molecule has 0 fully saturated rings. The molecule has 0 radical (unpaired) electrons. The Morgan fingerprint density at radius 1 is 1.09 bits per heavy atom. The summed E-state index contributed by atoms with van der Waals surface area (Å²) in [5.41, 5.74) is 0.490. The fourth-order valence-electron chi connectivity index (χ4n) is 1.52. The standard InChI is InChI=1S/C10H22O/c1-4-7-10(2,3)8-5-6-9-11/h11H,4-9H2,1-3H3. The molecular formula is C10H22O. The molecule has 0 aromatic carbocycles. The summed E-state index contributed by atoms with van der Waals surface area (Å²) in [6.07, 6.45) is 5.96. The van der Waals surface area contributed by atoms with Gasteiger partial charge in [-0.1, -0.05) is 33.6 Å². The zero-order chi connectivity index (χ0) is 8.74. The molecule has 0 atom stereocenters. The second-order valence-corrected chi connectivity index (χ2v) is 4.09. The van der Waals surface area contributed by atoms with E-state index in [1.54, 1.807) is 0 Å². The summed E-state index contributed by atoms with van der Waals surface area (Å²) in [6.45, 7) is 7.21. The number of unbranched alkanes of at least 4 members (excludes halogenated alkanes) is 1. The van der Waals surface area contributed by atoms with Gasteiger partial charge in [-0.25, -0.2) is 0 Å². The van der Waals surface area contributed by atoms with Gasteiger partial charge in [0.1, 0.15) is 0 Å². The van der Waals surface area contributed by atoms with Crippen LogP contribution in [0.15, 0.2) is 0 Å². The van der Waals surface area contributed by atoms with Crippen LogP contribution < -0.4 is 0 Å². The highest BCUT2D eigenvalue weighted by Gasteiger charge is 2.14. The van der Waals surface area contributed by atoms with E-state index in [1.165, 1.54) is 25.7 Å². The van der Waals surface area contributed by atoms with Crippen molar-refractivity contribution in [3.8, 4) is 0 Å². The third-order valence-corrected chi connectivity index (χ3v) is 2.19. The molecule has 0 spiro atoms. The van der Waals surface area contributed by atoms with Crippen LogP contribution in [0, 0.1) is 5.41 Å². The molecule has 68 valence electrons. The molecule has 1 nitrogen and oxygen atoms in total. The van der Waals surface area contributed by atoms with Crippen LogP contribution in [0.25, 0.3) is 0 Å². The third-order valence-electron chi connectivity index (χ3n) is 2.19. The zero-order valence-corrected chi connectivity index (χ0v) is 8.19. The Bertz CT molecular complexity index is 86.9. The number of aliphatic hydroxyl groups excluding tert-OH is 1. The Morgan fingerprint density at radius 3 is 2.18 bits per heavy atom. The third kappa shape index (κ3) is 6.36. The van der Waals surface area contributed by atoms with Gasteiger partial charge in [0.2, 0.25) is 0 Å². The monoisotopic (exact) mass is 158 g/mol. The van der Waals surface area contributed by atoms with E-state index in [9.17, 15) is 0 Å². The molecule has 0 saturated carbocycles. The fourth-order valence-corrected chi connectivity index (χ4v) is 1.52. The van der Waals surface area contributed by atoms with E-state index in [-0.39, 0.29) is 0 Å². The smallest absolute Gasteiger partial charge is 0.0431 e. The van der Waals surface area contributed by atoms with Crippen molar-refractivity contribution in [2.45, 2.75) is 52.9 Å². The number of hydrogen-bond acceptors (Lipinski definition) is 1. The van der Waals surface area contributed by atoms with Gasteiger partial charge in [-0.2, -0.15) is 0 Å². The number of hydrogen-bond donors (Lipinski definition) is 1. The Labute approximate surface area is 70.8 Å².